The van der Waals surface area contributed by atoms with Gasteiger partial charge in [-0.05, 0) is 18.1 Å². The Hall–Kier alpha value is -1.33. The highest BCUT2D eigenvalue weighted by Gasteiger charge is 2.22. The average molecular weight is 246 g/mol. The number of rotatable bonds is 3. The van der Waals surface area contributed by atoms with Crippen LogP contribution in [0.4, 0.5) is 0 Å². The lowest BCUT2D eigenvalue weighted by Crippen LogP contribution is -2.13. The third-order valence-electron chi connectivity index (χ3n) is 2.87. The minimum Gasteiger partial charge on any atom is -0.324 e. The van der Waals surface area contributed by atoms with Gasteiger partial charge in [0, 0.05) is 10.1 Å². The van der Waals surface area contributed by atoms with E-state index in [1.807, 2.05) is 16.4 Å². The first kappa shape index (κ1) is 10.8. The standard InChI is InChI=1S/C12H14N4S/c13-6-12-14-8-16(15-12)7-10-5-9-3-1-2-4-11(9)17-10/h1-4,8,10H,5-7,13H2. The predicted octanol–water partition coefficient (Wildman–Crippen LogP) is 1.45. The molecule has 1 unspecified atom stereocenters. The minimum absolute atomic E-state index is 0.408. The second kappa shape index (κ2) is 4.50. The number of aromatic nitrogens is 3. The Balaban J connectivity index is 1.69. The molecule has 0 radical (unpaired) electrons. The summed E-state index contributed by atoms with van der Waals surface area (Å²) in [6.45, 7) is 1.30. The molecule has 0 saturated carbocycles. The summed E-state index contributed by atoms with van der Waals surface area (Å²) in [6.07, 6.45) is 2.88. The fraction of sp³-hybridized carbons (Fsp3) is 0.333. The van der Waals surface area contributed by atoms with Gasteiger partial charge in [0.15, 0.2) is 5.82 Å². The zero-order valence-corrected chi connectivity index (χ0v) is 10.2. The van der Waals surface area contributed by atoms with Crippen molar-refractivity contribution >= 4 is 11.8 Å². The lowest BCUT2D eigenvalue weighted by molar-refractivity contribution is 0.587. The van der Waals surface area contributed by atoms with Crippen molar-refractivity contribution < 1.29 is 0 Å². The first-order chi connectivity index (χ1) is 8.35. The van der Waals surface area contributed by atoms with Gasteiger partial charge in [-0.15, -0.1) is 11.8 Å². The summed E-state index contributed by atoms with van der Waals surface area (Å²) >= 11 is 1.93. The molecule has 1 atom stereocenters. The molecule has 1 aromatic carbocycles. The van der Waals surface area contributed by atoms with Gasteiger partial charge in [0.25, 0.3) is 0 Å². The highest BCUT2D eigenvalue weighted by atomic mass is 32.2. The highest BCUT2D eigenvalue weighted by Crippen LogP contribution is 2.37. The molecule has 0 amide bonds. The molecule has 2 N–H and O–H groups in total. The van der Waals surface area contributed by atoms with Crippen molar-refractivity contribution in [2.75, 3.05) is 0 Å². The lowest BCUT2D eigenvalue weighted by Gasteiger charge is -2.07. The predicted molar refractivity (Wildman–Crippen MR) is 67.7 cm³/mol. The maximum absolute atomic E-state index is 5.50. The molecule has 2 aromatic rings. The number of hydrogen-bond acceptors (Lipinski definition) is 4. The van der Waals surface area contributed by atoms with E-state index in [0.717, 1.165) is 13.0 Å². The number of benzene rings is 1. The largest absolute Gasteiger partial charge is 0.324 e. The molecule has 0 bridgehead atoms. The van der Waals surface area contributed by atoms with Gasteiger partial charge in [-0.1, -0.05) is 18.2 Å². The Labute approximate surface area is 104 Å². The molecule has 0 saturated heterocycles. The van der Waals surface area contributed by atoms with Gasteiger partial charge in [-0.25, -0.2) is 4.98 Å². The van der Waals surface area contributed by atoms with Crippen LogP contribution in [0.25, 0.3) is 0 Å². The molecular formula is C12H14N4S. The van der Waals surface area contributed by atoms with Gasteiger partial charge in [0.05, 0.1) is 13.1 Å². The van der Waals surface area contributed by atoms with Crippen LogP contribution >= 0.6 is 11.8 Å². The average Bonchev–Trinajstić information content (AvgIpc) is 2.94. The van der Waals surface area contributed by atoms with Crippen LogP contribution in [0.1, 0.15) is 11.4 Å². The molecular weight excluding hydrogens is 232 g/mol. The molecule has 0 fully saturated rings. The van der Waals surface area contributed by atoms with Crippen molar-refractivity contribution in [3.8, 4) is 0 Å². The normalized spacial score (nSPS) is 18.3. The molecule has 5 heteroatoms. The van der Waals surface area contributed by atoms with Crippen LogP contribution < -0.4 is 5.73 Å². The summed E-state index contributed by atoms with van der Waals surface area (Å²) in [5.74, 6) is 0.713. The first-order valence-corrected chi connectivity index (χ1v) is 6.56. The summed E-state index contributed by atoms with van der Waals surface area (Å²) in [5.41, 5.74) is 6.94. The zero-order valence-electron chi connectivity index (χ0n) is 9.41. The number of hydrogen-bond donors (Lipinski definition) is 1. The van der Waals surface area contributed by atoms with Crippen molar-refractivity contribution in [2.45, 2.75) is 29.7 Å². The first-order valence-electron chi connectivity index (χ1n) is 5.68. The molecule has 2 heterocycles. The fourth-order valence-corrected chi connectivity index (χ4v) is 3.39. The van der Waals surface area contributed by atoms with E-state index in [2.05, 4.69) is 34.3 Å². The Morgan fingerprint density at radius 1 is 1.41 bits per heavy atom. The Bertz CT molecular complexity index is 498. The van der Waals surface area contributed by atoms with E-state index in [4.69, 9.17) is 5.73 Å². The molecule has 1 aliphatic rings. The van der Waals surface area contributed by atoms with Crippen LogP contribution in [-0.2, 0) is 19.5 Å². The lowest BCUT2D eigenvalue weighted by atomic mass is 10.1. The topological polar surface area (TPSA) is 56.7 Å². The molecule has 1 aromatic heterocycles. The second-order valence-electron chi connectivity index (χ2n) is 4.14. The maximum atomic E-state index is 5.50. The maximum Gasteiger partial charge on any atom is 0.164 e. The van der Waals surface area contributed by atoms with Gasteiger partial charge < -0.3 is 5.73 Å². The van der Waals surface area contributed by atoms with Crippen molar-refractivity contribution in [2.24, 2.45) is 5.73 Å². The summed E-state index contributed by atoms with van der Waals surface area (Å²) in [4.78, 5) is 5.54. The van der Waals surface area contributed by atoms with Gasteiger partial charge in [-0.2, -0.15) is 5.10 Å². The second-order valence-corrected chi connectivity index (χ2v) is 5.48. The van der Waals surface area contributed by atoms with Crippen LogP contribution in [0, 0.1) is 0 Å². The van der Waals surface area contributed by atoms with E-state index >= 15 is 0 Å². The minimum atomic E-state index is 0.408. The number of nitrogens with two attached hydrogens (primary N) is 1. The van der Waals surface area contributed by atoms with Gasteiger partial charge in [-0.3, -0.25) is 4.68 Å². The third kappa shape index (κ3) is 2.21. The molecule has 3 rings (SSSR count). The SMILES string of the molecule is NCc1ncn(CC2Cc3ccccc3S2)n1. The van der Waals surface area contributed by atoms with E-state index in [1.165, 1.54) is 10.5 Å². The van der Waals surface area contributed by atoms with Crippen molar-refractivity contribution in [3.63, 3.8) is 0 Å². The van der Waals surface area contributed by atoms with Crippen LogP contribution in [0.2, 0.25) is 0 Å². The number of thioether (sulfide) groups is 1. The Morgan fingerprint density at radius 3 is 3.06 bits per heavy atom. The quantitative estimate of drug-likeness (QED) is 0.890. The fourth-order valence-electron chi connectivity index (χ4n) is 2.08. The zero-order chi connectivity index (χ0) is 11.7. The molecule has 4 nitrogen and oxygen atoms in total. The van der Waals surface area contributed by atoms with Gasteiger partial charge in [0.2, 0.25) is 0 Å². The van der Waals surface area contributed by atoms with E-state index in [-0.39, 0.29) is 0 Å². The number of nitrogens with zero attached hydrogens (tertiary/aromatic N) is 3. The van der Waals surface area contributed by atoms with Crippen LogP contribution in [0.15, 0.2) is 35.5 Å². The van der Waals surface area contributed by atoms with Crippen molar-refractivity contribution in [1.29, 1.82) is 0 Å². The van der Waals surface area contributed by atoms with Crippen LogP contribution in [0.5, 0.6) is 0 Å². The summed E-state index contributed by atoms with van der Waals surface area (Å²) in [5, 5.41) is 4.88. The molecule has 0 aliphatic carbocycles. The van der Waals surface area contributed by atoms with Crippen molar-refractivity contribution in [1.82, 2.24) is 14.8 Å². The van der Waals surface area contributed by atoms with E-state index in [0.29, 0.717) is 17.6 Å². The smallest absolute Gasteiger partial charge is 0.164 e. The molecule has 0 spiro atoms. The molecule has 1 aliphatic heterocycles. The summed E-state index contributed by atoms with van der Waals surface area (Å²) < 4.78 is 1.89. The van der Waals surface area contributed by atoms with Crippen LogP contribution in [-0.4, -0.2) is 20.0 Å². The monoisotopic (exact) mass is 246 g/mol. The van der Waals surface area contributed by atoms with Crippen LogP contribution in [0.3, 0.4) is 0 Å². The third-order valence-corrected chi connectivity index (χ3v) is 4.17. The Kier molecular flexibility index (Phi) is 2.86. The molecule has 17 heavy (non-hydrogen) atoms. The van der Waals surface area contributed by atoms with E-state index < -0.39 is 0 Å². The summed E-state index contributed by atoms with van der Waals surface area (Å²) in [6, 6.07) is 8.58. The van der Waals surface area contributed by atoms with Crippen molar-refractivity contribution in [3.05, 3.63) is 42.0 Å². The van der Waals surface area contributed by atoms with E-state index in [1.54, 1.807) is 6.33 Å². The van der Waals surface area contributed by atoms with Gasteiger partial charge >= 0.3 is 0 Å². The number of fused-ring (bicyclic) bond motifs is 1. The molecule has 88 valence electrons. The summed E-state index contributed by atoms with van der Waals surface area (Å²) in [7, 11) is 0. The van der Waals surface area contributed by atoms with Gasteiger partial charge in [0.1, 0.15) is 6.33 Å². The van der Waals surface area contributed by atoms with E-state index in [9.17, 15) is 0 Å². The Morgan fingerprint density at radius 2 is 2.29 bits per heavy atom. The highest BCUT2D eigenvalue weighted by molar-refractivity contribution is 8.00.